The molecule has 0 spiro atoms. The first-order chi connectivity index (χ1) is 18.4. The summed E-state index contributed by atoms with van der Waals surface area (Å²) in [6.45, 7) is 0.407. The minimum absolute atomic E-state index is 0. The Morgan fingerprint density at radius 3 is 2.10 bits per heavy atom. The number of carbonyl (C=O) groups excluding carboxylic acids is 1. The molecule has 0 saturated heterocycles. The first-order valence-corrected chi connectivity index (χ1v) is 13.5. The van der Waals surface area contributed by atoms with Crippen LogP contribution in [-0.4, -0.2) is 44.6 Å². The molecule has 4 rings (SSSR count). The molecule has 0 fully saturated rings. The first-order valence-electron chi connectivity index (χ1n) is 11.6. The number of hydrogen-bond donors (Lipinski definition) is 3. The number of amides is 1. The van der Waals surface area contributed by atoms with Gasteiger partial charge in [0.25, 0.3) is 5.60 Å². The van der Waals surface area contributed by atoms with Crippen LogP contribution in [0.1, 0.15) is 22.7 Å². The summed E-state index contributed by atoms with van der Waals surface area (Å²) in [7, 11) is -3.44. The fourth-order valence-electron chi connectivity index (χ4n) is 4.42. The Labute approximate surface area is 235 Å². The summed E-state index contributed by atoms with van der Waals surface area (Å²) < 4.78 is 117. The van der Waals surface area contributed by atoms with E-state index < -0.39 is 51.1 Å². The molecule has 1 aliphatic heterocycles. The van der Waals surface area contributed by atoms with Crippen LogP contribution in [0.15, 0.2) is 65.6 Å². The highest BCUT2D eigenvalue weighted by molar-refractivity contribution is 7.90. The Kier molecular flexibility index (Phi) is 8.85. The Balaban J connectivity index is 0.00000462. The van der Waals surface area contributed by atoms with Gasteiger partial charge in [0.2, 0.25) is 5.91 Å². The number of nitrogens with one attached hydrogen (secondary N) is 2. The molecule has 0 aromatic heterocycles. The van der Waals surface area contributed by atoms with Crippen LogP contribution < -0.4 is 10.6 Å². The molecule has 0 saturated carbocycles. The van der Waals surface area contributed by atoms with Gasteiger partial charge in [0.05, 0.1) is 4.90 Å². The van der Waals surface area contributed by atoms with E-state index in [-0.39, 0.29) is 40.2 Å². The van der Waals surface area contributed by atoms with Gasteiger partial charge in [-0.2, -0.15) is 26.3 Å². The third-order valence-corrected chi connectivity index (χ3v) is 7.64. The third-order valence-electron chi connectivity index (χ3n) is 6.53. The van der Waals surface area contributed by atoms with Crippen molar-refractivity contribution in [3.63, 3.8) is 0 Å². The van der Waals surface area contributed by atoms with E-state index in [9.17, 15) is 49.1 Å². The second kappa shape index (κ2) is 11.2. The van der Waals surface area contributed by atoms with Gasteiger partial charge in [-0.1, -0.05) is 30.3 Å². The lowest BCUT2D eigenvalue weighted by Gasteiger charge is -2.32. The lowest BCUT2D eigenvalue weighted by atomic mass is 9.90. The van der Waals surface area contributed by atoms with Gasteiger partial charge in [-0.05, 0) is 53.4 Å². The van der Waals surface area contributed by atoms with Crippen molar-refractivity contribution in [2.75, 3.05) is 18.1 Å². The highest BCUT2D eigenvalue weighted by Crippen LogP contribution is 2.50. The molecule has 15 heteroatoms. The number of aliphatic hydroxyl groups is 1. The second-order valence-corrected chi connectivity index (χ2v) is 11.3. The molecule has 1 heterocycles. The Morgan fingerprint density at radius 1 is 0.951 bits per heavy atom. The van der Waals surface area contributed by atoms with Crippen LogP contribution >= 0.6 is 12.4 Å². The van der Waals surface area contributed by atoms with E-state index in [4.69, 9.17) is 0 Å². The SMILES string of the molecule is CS(=O)(=O)c1ccc2c(c1)CCNC2C(=O)Nc1ccc(-c2ccc(C(O)(C(F)(F)F)C(F)(F)F)cc2F)cc1.Cl. The monoisotopic (exact) mass is 626 g/mol. The maximum Gasteiger partial charge on any atom is 0.430 e. The van der Waals surface area contributed by atoms with Gasteiger partial charge in [0.1, 0.15) is 11.9 Å². The molecule has 0 bridgehead atoms. The second-order valence-electron chi connectivity index (χ2n) is 9.24. The summed E-state index contributed by atoms with van der Waals surface area (Å²) in [5, 5.41) is 15.2. The van der Waals surface area contributed by atoms with E-state index in [1.807, 2.05) is 0 Å². The topological polar surface area (TPSA) is 95.5 Å². The predicted octanol–water partition coefficient (Wildman–Crippen LogP) is 5.46. The Hall–Kier alpha value is -3.20. The van der Waals surface area contributed by atoms with Gasteiger partial charge in [0, 0.05) is 29.6 Å². The summed E-state index contributed by atoms with van der Waals surface area (Å²) in [6.07, 6.45) is -10.7. The minimum Gasteiger partial charge on any atom is -0.369 e. The third kappa shape index (κ3) is 6.20. The number of fused-ring (bicyclic) bond motifs is 1. The van der Waals surface area contributed by atoms with E-state index in [1.165, 1.54) is 36.4 Å². The molecular weight excluding hydrogens is 605 g/mol. The van der Waals surface area contributed by atoms with Crippen LogP contribution in [-0.2, 0) is 26.7 Å². The number of hydrogen-bond acceptors (Lipinski definition) is 5. The smallest absolute Gasteiger partial charge is 0.369 e. The maximum absolute atomic E-state index is 14.7. The molecule has 6 nitrogen and oxygen atoms in total. The van der Waals surface area contributed by atoms with Crippen LogP contribution in [0.5, 0.6) is 0 Å². The first kappa shape index (κ1) is 32.3. The van der Waals surface area contributed by atoms with E-state index >= 15 is 0 Å². The van der Waals surface area contributed by atoms with E-state index in [1.54, 1.807) is 6.07 Å². The zero-order valence-corrected chi connectivity index (χ0v) is 22.5. The molecule has 3 aromatic carbocycles. The molecule has 0 aliphatic carbocycles. The number of carbonyl (C=O) groups is 1. The molecule has 1 aliphatic rings. The number of anilines is 1. The molecule has 222 valence electrons. The van der Waals surface area contributed by atoms with Gasteiger partial charge in [0.15, 0.2) is 9.84 Å². The normalized spacial score (nSPS) is 16.0. The Morgan fingerprint density at radius 2 is 1.56 bits per heavy atom. The predicted molar refractivity (Wildman–Crippen MR) is 138 cm³/mol. The van der Waals surface area contributed by atoms with Gasteiger partial charge < -0.3 is 15.7 Å². The van der Waals surface area contributed by atoms with Crippen molar-refractivity contribution < 1.29 is 49.1 Å². The van der Waals surface area contributed by atoms with E-state index in [2.05, 4.69) is 10.6 Å². The van der Waals surface area contributed by atoms with Gasteiger partial charge in [-0.15, -0.1) is 12.4 Å². The lowest BCUT2D eigenvalue weighted by molar-refractivity contribution is -0.376. The summed E-state index contributed by atoms with van der Waals surface area (Å²) in [4.78, 5) is 13.1. The fourth-order valence-corrected chi connectivity index (χ4v) is 5.09. The molecule has 1 atom stereocenters. The largest absolute Gasteiger partial charge is 0.430 e. The van der Waals surface area contributed by atoms with Crippen LogP contribution in [0.3, 0.4) is 0 Å². The molecule has 3 N–H and O–H groups in total. The van der Waals surface area contributed by atoms with Crippen LogP contribution in [0.4, 0.5) is 36.4 Å². The number of sulfone groups is 1. The highest BCUT2D eigenvalue weighted by Gasteiger charge is 2.71. The quantitative estimate of drug-likeness (QED) is 0.327. The summed E-state index contributed by atoms with van der Waals surface area (Å²) >= 11 is 0. The molecule has 41 heavy (non-hydrogen) atoms. The van der Waals surface area contributed by atoms with Gasteiger partial charge in [-0.3, -0.25) is 4.79 Å². The zero-order valence-electron chi connectivity index (χ0n) is 20.9. The van der Waals surface area contributed by atoms with E-state index in [0.29, 0.717) is 36.2 Å². The zero-order chi connectivity index (χ0) is 29.7. The average molecular weight is 627 g/mol. The van der Waals surface area contributed by atoms with Crippen molar-refractivity contribution in [2.45, 2.75) is 35.3 Å². The lowest BCUT2D eigenvalue weighted by Crippen LogP contribution is -2.53. The van der Waals surface area contributed by atoms with Crippen molar-refractivity contribution in [1.82, 2.24) is 5.32 Å². The fraction of sp³-hybridized carbons (Fsp3) is 0.269. The summed E-state index contributed by atoms with van der Waals surface area (Å²) in [6, 6.07) is 10.0. The molecule has 1 amide bonds. The van der Waals surface area contributed by atoms with Crippen molar-refractivity contribution in [1.29, 1.82) is 0 Å². The minimum atomic E-state index is -6.15. The number of alkyl halides is 6. The summed E-state index contributed by atoms with van der Waals surface area (Å²) in [5.74, 6) is -1.91. The van der Waals surface area contributed by atoms with Crippen LogP contribution in [0.2, 0.25) is 0 Å². The molecular formula is C26H22ClF7N2O4S. The Bertz CT molecular complexity index is 1550. The van der Waals surface area contributed by atoms with Gasteiger partial charge >= 0.3 is 12.4 Å². The summed E-state index contributed by atoms with van der Waals surface area (Å²) in [5.41, 5.74) is -5.69. The number of benzene rings is 3. The number of halogens is 8. The maximum atomic E-state index is 14.7. The van der Waals surface area contributed by atoms with Crippen molar-refractivity contribution >= 4 is 33.8 Å². The van der Waals surface area contributed by atoms with Crippen molar-refractivity contribution in [3.05, 3.63) is 83.2 Å². The van der Waals surface area contributed by atoms with E-state index in [0.717, 1.165) is 6.26 Å². The van der Waals surface area contributed by atoms with Crippen molar-refractivity contribution in [2.24, 2.45) is 0 Å². The molecule has 3 aromatic rings. The molecule has 0 radical (unpaired) electrons. The molecule has 1 unspecified atom stereocenters. The average Bonchev–Trinajstić information content (AvgIpc) is 2.86. The highest BCUT2D eigenvalue weighted by atomic mass is 35.5. The van der Waals surface area contributed by atoms with Crippen LogP contribution in [0, 0.1) is 5.82 Å². The standard InChI is InChI=1S/C26H21F7N2O4S.ClH/c1-40(38,39)18-7-9-20-15(12-18)10-11-34-22(20)23(36)35-17-5-2-14(3-6-17)19-8-4-16(13-21(19)27)24(37,25(28,29)30)26(31,32)33;/h2-9,12-13,22,34,37H,10-11H2,1H3,(H,35,36);1H. The van der Waals surface area contributed by atoms with Crippen molar-refractivity contribution in [3.8, 4) is 11.1 Å². The number of rotatable bonds is 5. The van der Waals surface area contributed by atoms with Gasteiger partial charge in [-0.25, -0.2) is 12.8 Å². The van der Waals surface area contributed by atoms with Crippen LogP contribution in [0.25, 0.3) is 11.1 Å².